The van der Waals surface area contributed by atoms with E-state index in [4.69, 9.17) is 14.5 Å². The summed E-state index contributed by atoms with van der Waals surface area (Å²) in [5.74, 6) is 0.988. The molecule has 2 fully saturated rings. The maximum atomic E-state index is 5.59. The van der Waals surface area contributed by atoms with Crippen LogP contribution in [0.15, 0.2) is 12.1 Å². The second-order valence-corrected chi connectivity index (χ2v) is 6.87. The van der Waals surface area contributed by atoms with Crippen molar-refractivity contribution < 1.29 is 9.47 Å². The van der Waals surface area contributed by atoms with Gasteiger partial charge in [0.15, 0.2) is 0 Å². The van der Waals surface area contributed by atoms with Crippen LogP contribution in [-0.4, -0.2) is 49.4 Å². The summed E-state index contributed by atoms with van der Waals surface area (Å²) in [4.78, 5) is 7.47. The van der Waals surface area contributed by atoms with Crippen molar-refractivity contribution in [3.05, 3.63) is 29.1 Å². The van der Waals surface area contributed by atoms with Gasteiger partial charge < -0.3 is 9.47 Å². The molecule has 0 aromatic carbocycles. The Morgan fingerprint density at radius 1 is 1.36 bits per heavy atom. The summed E-state index contributed by atoms with van der Waals surface area (Å²) in [6.45, 7) is 9.20. The van der Waals surface area contributed by atoms with Crippen molar-refractivity contribution in [2.75, 3.05) is 33.4 Å². The number of methoxy groups -OCH3 is 1. The molecule has 0 amide bonds. The van der Waals surface area contributed by atoms with E-state index in [2.05, 4.69) is 30.9 Å². The van der Waals surface area contributed by atoms with Crippen LogP contribution in [0.1, 0.15) is 55.5 Å². The first kappa shape index (κ1) is 15.9. The van der Waals surface area contributed by atoms with Crippen molar-refractivity contribution >= 4 is 0 Å². The van der Waals surface area contributed by atoms with Crippen molar-refractivity contribution in [2.24, 2.45) is 0 Å². The Kier molecular flexibility index (Phi) is 5.11. The molecule has 4 heteroatoms. The van der Waals surface area contributed by atoms with Gasteiger partial charge in [-0.3, -0.25) is 9.88 Å². The number of nitrogens with zero attached hydrogens (tertiary/aromatic N) is 2. The fourth-order valence-corrected chi connectivity index (χ4v) is 3.47. The van der Waals surface area contributed by atoms with E-state index in [-0.39, 0.29) is 0 Å². The number of rotatable bonds is 5. The predicted octanol–water partition coefficient (Wildman–Crippen LogP) is 2.93. The Bertz CT molecular complexity index is 498. The van der Waals surface area contributed by atoms with E-state index in [1.807, 2.05) is 7.11 Å². The first-order valence-corrected chi connectivity index (χ1v) is 8.50. The number of ether oxygens (including phenoxy) is 2. The number of hydrogen-bond acceptors (Lipinski definition) is 4. The van der Waals surface area contributed by atoms with Gasteiger partial charge in [0.2, 0.25) is 0 Å². The zero-order valence-corrected chi connectivity index (χ0v) is 14.0. The second-order valence-electron chi connectivity index (χ2n) is 6.87. The Hall–Kier alpha value is -0.970. The molecule has 22 heavy (non-hydrogen) atoms. The summed E-state index contributed by atoms with van der Waals surface area (Å²) >= 11 is 0. The zero-order chi connectivity index (χ0) is 15.5. The van der Waals surface area contributed by atoms with Gasteiger partial charge in [-0.2, -0.15) is 0 Å². The van der Waals surface area contributed by atoms with Crippen LogP contribution in [0.2, 0.25) is 0 Å². The molecule has 0 bridgehead atoms. The summed E-state index contributed by atoms with van der Waals surface area (Å²) in [5, 5.41) is 0. The first-order chi connectivity index (χ1) is 10.7. The summed E-state index contributed by atoms with van der Waals surface area (Å²) in [7, 11) is 1.81. The van der Waals surface area contributed by atoms with Gasteiger partial charge in [0, 0.05) is 45.0 Å². The normalized spacial score (nSPS) is 26.2. The highest BCUT2D eigenvalue weighted by Gasteiger charge is 2.26. The summed E-state index contributed by atoms with van der Waals surface area (Å²) < 4.78 is 11.1. The highest BCUT2D eigenvalue weighted by Crippen LogP contribution is 2.30. The third-order valence-electron chi connectivity index (χ3n) is 4.93. The van der Waals surface area contributed by atoms with Gasteiger partial charge in [0.05, 0.1) is 18.4 Å². The lowest BCUT2D eigenvalue weighted by Crippen LogP contribution is -2.24. The standard InChI is InChI=1S/C18H28N2O2/c1-13(2)17-5-4-16(14-7-9-22-12-14)18(19-17)11-20-8-6-15(10-20)21-3/h4-5,13-15H,6-12H2,1-3H3/t14-,15-/m1/s1. The highest BCUT2D eigenvalue weighted by atomic mass is 16.5. The second kappa shape index (κ2) is 7.07. The van der Waals surface area contributed by atoms with E-state index in [9.17, 15) is 0 Å². The lowest BCUT2D eigenvalue weighted by molar-refractivity contribution is 0.107. The Morgan fingerprint density at radius 2 is 2.23 bits per heavy atom. The Morgan fingerprint density at radius 3 is 2.86 bits per heavy atom. The Balaban J connectivity index is 1.80. The lowest BCUT2D eigenvalue weighted by Gasteiger charge is -2.21. The number of likely N-dealkylation sites (tertiary alicyclic amines) is 1. The first-order valence-electron chi connectivity index (χ1n) is 8.50. The number of pyridine rings is 1. The summed E-state index contributed by atoms with van der Waals surface area (Å²) in [6.07, 6.45) is 2.63. The molecule has 2 atom stereocenters. The van der Waals surface area contributed by atoms with Gasteiger partial charge in [-0.15, -0.1) is 0 Å². The minimum Gasteiger partial charge on any atom is -0.381 e. The predicted molar refractivity (Wildman–Crippen MR) is 87.2 cm³/mol. The van der Waals surface area contributed by atoms with Crippen LogP contribution in [0.5, 0.6) is 0 Å². The van der Waals surface area contributed by atoms with E-state index in [1.54, 1.807) is 0 Å². The van der Waals surface area contributed by atoms with Crippen molar-refractivity contribution in [1.82, 2.24) is 9.88 Å². The average Bonchev–Trinajstić information content (AvgIpc) is 3.18. The van der Waals surface area contributed by atoms with Gasteiger partial charge >= 0.3 is 0 Å². The maximum absolute atomic E-state index is 5.59. The van der Waals surface area contributed by atoms with E-state index in [1.165, 1.54) is 17.0 Å². The summed E-state index contributed by atoms with van der Waals surface area (Å²) in [6, 6.07) is 4.49. The molecule has 3 rings (SSSR count). The molecule has 0 spiro atoms. The number of aromatic nitrogens is 1. The van der Waals surface area contributed by atoms with Crippen molar-refractivity contribution in [3.63, 3.8) is 0 Å². The molecule has 0 unspecified atom stereocenters. The minimum absolute atomic E-state index is 0.381. The number of hydrogen-bond donors (Lipinski definition) is 0. The van der Waals surface area contributed by atoms with E-state index in [0.717, 1.165) is 45.7 Å². The van der Waals surface area contributed by atoms with Gasteiger partial charge in [-0.05, 0) is 30.4 Å². The molecule has 122 valence electrons. The van der Waals surface area contributed by atoms with E-state index in [0.29, 0.717) is 17.9 Å². The van der Waals surface area contributed by atoms with Crippen molar-refractivity contribution in [3.8, 4) is 0 Å². The van der Waals surface area contributed by atoms with Crippen LogP contribution >= 0.6 is 0 Å². The fraction of sp³-hybridized carbons (Fsp3) is 0.722. The molecule has 0 saturated carbocycles. The minimum atomic E-state index is 0.381. The lowest BCUT2D eigenvalue weighted by atomic mass is 9.95. The van der Waals surface area contributed by atoms with Gasteiger partial charge in [0.1, 0.15) is 0 Å². The topological polar surface area (TPSA) is 34.6 Å². The molecule has 4 nitrogen and oxygen atoms in total. The smallest absolute Gasteiger partial charge is 0.0710 e. The SMILES string of the molecule is CO[C@@H]1CCN(Cc2nc(C(C)C)ccc2[C@@H]2CCOC2)C1. The van der Waals surface area contributed by atoms with Crippen molar-refractivity contribution in [1.29, 1.82) is 0 Å². The summed E-state index contributed by atoms with van der Waals surface area (Å²) in [5.41, 5.74) is 3.83. The van der Waals surface area contributed by atoms with Crippen LogP contribution in [0.4, 0.5) is 0 Å². The van der Waals surface area contributed by atoms with Crippen LogP contribution < -0.4 is 0 Å². The fourth-order valence-electron chi connectivity index (χ4n) is 3.47. The quantitative estimate of drug-likeness (QED) is 0.838. The molecule has 0 radical (unpaired) electrons. The Labute approximate surface area is 133 Å². The molecule has 0 N–H and O–H groups in total. The third kappa shape index (κ3) is 3.50. The monoisotopic (exact) mass is 304 g/mol. The van der Waals surface area contributed by atoms with Crippen LogP contribution in [0, 0.1) is 0 Å². The van der Waals surface area contributed by atoms with E-state index < -0.39 is 0 Å². The molecule has 1 aromatic rings. The van der Waals surface area contributed by atoms with Gasteiger partial charge in [-0.1, -0.05) is 19.9 Å². The van der Waals surface area contributed by atoms with Crippen LogP contribution in [0.3, 0.4) is 0 Å². The molecule has 1 aromatic heterocycles. The maximum Gasteiger partial charge on any atom is 0.0710 e. The van der Waals surface area contributed by atoms with Gasteiger partial charge in [-0.25, -0.2) is 0 Å². The molecular formula is C18H28N2O2. The zero-order valence-electron chi connectivity index (χ0n) is 14.0. The van der Waals surface area contributed by atoms with Gasteiger partial charge in [0.25, 0.3) is 0 Å². The molecule has 2 saturated heterocycles. The molecule has 3 heterocycles. The molecular weight excluding hydrogens is 276 g/mol. The molecule has 2 aliphatic heterocycles. The van der Waals surface area contributed by atoms with E-state index >= 15 is 0 Å². The van der Waals surface area contributed by atoms with Crippen LogP contribution in [-0.2, 0) is 16.0 Å². The largest absolute Gasteiger partial charge is 0.381 e. The molecule has 2 aliphatic rings. The van der Waals surface area contributed by atoms with Crippen molar-refractivity contribution in [2.45, 2.75) is 51.2 Å². The highest BCUT2D eigenvalue weighted by molar-refractivity contribution is 5.29. The molecule has 0 aliphatic carbocycles. The van der Waals surface area contributed by atoms with Crippen LogP contribution in [0.25, 0.3) is 0 Å². The average molecular weight is 304 g/mol. The third-order valence-corrected chi connectivity index (χ3v) is 4.93.